The Morgan fingerprint density at radius 1 is 1.29 bits per heavy atom. The Balaban J connectivity index is 1.87. The second-order valence-electron chi connectivity index (χ2n) is 4.98. The van der Waals surface area contributed by atoms with Crippen molar-refractivity contribution < 1.29 is 5.11 Å². The molecule has 0 amide bonds. The van der Waals surface area contributed by atoms with E-state index in [0.717, 1.165) is 19.6 Å². The normalized spacial score (nSPS) is 17.9. The predicted octanol–water partition coefficient (Wildman–Crippen LogP) is 2.42. The average molecular weight is 233 g/mol. The molecular formula is C15H23NO. The molecule has 1 aliphatic rings. The molecule has 0 bridgehead atoms. The van der Waals surface area contributed by atoms with Crippen molar-refractivity contribution in [2.45, 2.75) is 32.1 Å². The summed E-state index contributed by atoms with van der Waals surface area (Å²) in [6.07, 6.45) is 3.67. The van der Waals surface area contributed by atoms with Crippen molar-refractivity contribution in [1.29, 1.82) is 0 Å². The Labute approximate surface area is 104 Å². The third-order valence-corrected chi connectivity index (χ3v) is 3.68. The van der Waals surface area contributed by atoms with Crippen molar-refractivity contribution >= 4 is 0 Å². The topological polar surface area (TPSA) is 23.5 Å². The summed E-state index contributed by atoms with van der Waals surface area (Å²) in [5.74, 6) is 0.689. The largest absolute Gasteiger partial charge is 0.395 e. The van der Waals surface area contributed by atoms with Crippen LogP contribution in [0.3, 0.4) is 0 Å². The van der Waals surface area contributed by atoms with Crippen LogP contribution >= 0.6 is 0 Å². The van der Waals surface area contributed by atoms with Gasteiger partial charge in [0, 0.05) is 19.0 Å². The van der Waals surface area contributed by atoms with Crippen LogP contribution in [0.1, 0.15) is 36.8 Å². The van der Waals surface area contributed by atoms with E-state index in [4.69, 9.17) is 5.11 Å². The fourth-order valence-corrected chi connectivity index (χ4v) is 2.65. The first-order valence-corrected chi connectivity index (χ1v) is 6.76. The Hall–Kier alpha value is -0.860. The first-order chi connectivity index (χ1) is 8.35. The van der Waals surface area contributed by atoms with Gasteiger partial charge in [-0.3, -0.25) is 0 Å². The quantitative estimate of drug-likeness (QED) is 0.782. The van der Waals surface area contributed by atoms with Crippen LogP contribution in [-0.4, -0.2) is 36.2 Å². The standard InChI is InChI=1S/C15H23NO/c1-2-3-8-16(9-10-17)12-14-11-13-6-4-5-7-15(13)14/h4-7,14,17H,2-3,8-12H2,1H3. The van der Waals surface area contributed by atoms with Crippen LogP contribution in [0.25, 0.3) is 0 Å². The number of hydrogen-bond donors (Lipinski definition) is 1. The molecule has 1 atom stereocenters. The molecule has 1 N–H and O–H groups in total. The molecule has 0 radical (unpaired) electrons. The summed E-state index contributed by atoms with van der Waals surface area (Å²) in [4.78, 5) is 2.41. The minimum Gasteiger partial charge on any atom is -0.395 e. The van der Waals surface area contributed by atoms with E-state index in [-0.39, 0.29) is 6.61 Å². The highest BCUT2D eigenvalue weighted by Crippen LogP contribution is 2.35. The van der Waals surface area contributed by atoms with Gasteiger partial charge < -0.3 is 10.0 Å². The van der Waals surface area contributed by atoms with Crippen molar-refractivity contribution in [3.05, 3.63) is 35.4 Å². The van der Waals surface area contributed by atoms with Crippen LogP contribution in [0, 0.1) is 0 Å². The van der Waals surface area contributed by atoms with E-state index in [1.165, 1.54) is 30.4 Å². The van der Waals surface area contributed by atoms with Gasteiger partial charge in [0.1, 0.15) is 0 Å². The van der Waals surface area contributed by atoms with Gasteiger partial charge in [-0.2, -0.15) is 0 Å². The van der Waals surface area contributed by atoms with Crippen molar-refractivity contribution in [1.82, 2.24) is 4.90 Å². The van der Waals surface area contributed by atoms with Crippen LogP contribution in [0.5, 0.6) is 0 Å². The Morgan fingerprint density at radius 2 is 2.12 bits per heavy atom. The summed E-state index contributed by atoms with van der Waals surface area (Å²) in [5, 5.41) is 9.09. The molecule has 1 aromatic carbocycles. The van der Waals surface area contributed by atoms with Gasteiger partial charge in [0.2, 0.25) is 0 Å². The summed E-state index contributed by atoms with van der Waals surface area (Å²) in [6, 6.07) is 8.74. The molecule has 0 aromatic heterocycles. The van der Waals surface area contributed by atoms with Gasteiger partial charge in [-0.1, -0.05) is 37.6 Å². The lowest BCUT2D eigenvalue weighted by atomic mass is 9.77. The van der Waals surface area contributed by atoms with E-state index in [1.807, 2.05) is 0 Å². The van der Waals surface area contributed by atoms with Crippen molar-refractivity contribution in [2.75, 3.05) is 26.2 Å². The van der Waals surface area contributed by atoms with Crippen LogP contribution in [0.4, 0.5) is 0 Å². The minimum absolute atomic E-state index is 0.276. The molecule has 0 spiro atoms. The molecule has 0 heterocycles. The molecule has 0 aliphatic heterocycles. The number of hydrogen-bond acceptors (Lipinski definition) is 2. The van der Waals surface area contributed by atoms with E-state index < -0.39 is 0 Å². The molecule has 0 saturated carbocycles. The number of benzene rings is 1. The number of aliphatic hydroxyl groups is 1. The van der Waals surface area contributed by atoms with Gasteiger partial charge in [0.25, 0.3) is 0 Å². The Kier molecular flexibility index (Phi) is 4.57. The number of aliphatic hydroxyl groups excluding tert-OH is 1. The predicted molar refractivity (Wildman–Crippen MR) is 71.3 cm³/mol. The molecule has 94 valence electrons. The van der Waals surface area contributed by atoms with Crippen LogP contribution < -0.4 is 0 Å². The summed E-state index contributed by atoms with van der Waals surface area (Å²) >= 11 is 0. The van der Waals surface area contributed by atoms with E-state index >= 15 is 0 Å². The maximum atomic E-state index is 9.09. The maximum absolute atomic E-state index is 9.09. The second kappa shape index (κ2) is 6.18. The summed E-state index contributed by atoms with van der Waals surface area (Å²) in [6.45, 7) is 5.54. The van der Waals surface area contributed by atoms with Crippen molar-refractivity contribution in [2.24, 2.45) is 0 Å². The number of rotatable bonds is 7. The van der Waals surface area contributed by atoms with Gasteiger partial charge >= 0.3 is 0 Å². The lowest BCUT2D eigenvalue weighted by Gasteiger charge is -2.34. The number of unbranched alkanes of at least 4 members (excludes halogenated alkanes) is 1. The third kappa shape index (κ3) is 3.08. The lowest BCUT2D eigenvalue weighted by Crippen LogP contribution is -2.35. The Bertz CT molecular complexity index is 351. The average Bonchev–Trinajstić information content (AvgIpc) is 2.33. The highest BCUT2D eigenvalue weighted by Gasteiger charge is 2.26. The zero-order valence-electron chi connectivity index (χ0n) is 10.7. The zero-order chi connectivity index (χ0) is 12.1. The fraction of sp³-hybridized carbons (Fsp3) is 0.600. The highest BCUT2D eigenvalue weighted by molar-refractivity contribution is 5.40. The molecule has 2 nitrogen and oxygen atoms in total. The molecule has 1 aromatic rings. The molecule has 1 unspecified atom stereocenters. The monoisotopic (exact) mass is 233 g/mol. The molecule has 0 fully saturated rings. The van der Waals surface area contributed by atoms with E-state index in [2.05, 4.69) is 36.1 Å². The lowest BCUT2D eigenvalue weighted by molar-refractivity contribution is 0.182. The summed E-state index contributed by atoms with van der Waals surface area (Å²) < 4.78 is 0. The Morgan fingerprint density at radius 3 is 2.82 bits per heavy atom. The molecule has 1 aliphatic carbocycles. The van der Waals surface area contributed by atoms with Gasteiger partial charge in [-0.25, -0.2) is 0 Å². The smallest absolute Gasteiger partial charge is 0.0558 e. The first kappa shape index (κ1) is 12.6. The molecular weight excluding hydrogens is 210 g/mol. The van der Waals surface area contributed by atoms with Crippen LogP contribution in [0.2, 0.25) is 0 Å². The minimum atomic E-state index is 0.276. The summed E-state index contributed by atoms with van der Waals surface area (Å²) in [7, 11) is 0. The van der Waals surface area contributed by atoms with Crippen molar-refractivity contribution in [3.63, 3.8) is 0 Å². The van der Waals surface area contributed by atoms with Crippen LogP contribution in [0.15, 0.2) is 24.3 Å². The van der Waals surface area contributed by atoms with E-state index in [0.29, 0.717) is 5.92 Å². The summed E-state index contributed by atoms with van der Waals surface area (Å²) in [5.41, 5.74) is 3.03. The van der Waals surface area contributed by atoms with Gasteiger partial charge in [-0.05, 0) is 30.5 Å². The fourth-order valence-electron chi connectivity index (χ4n) is 2.65. The highest BCUT2D eigenvalue weighted by atomic mass is 16.3. The zero-order valence-corrected chi connectivity index (χ0v) is 10.7. The second-order valence-corrected chi connectivity index (χ2v) is 4.98. The number of fused-ring (bicyclic) bond motifs is 1. The SMILES string of the molecule is CCCCN(CCO)CC1Cc2ccccc21. The van der Waals surface area contributed by atoms with E-state index in [1.54, 1.807) is 0 Å². The van der Waals surface area contributed by atoms with Gasteiger partial charge in [0.15, 0.2) is 0 Å². The van der Waals surface area contributed by atoms with Crippen LogP contribution in [-0.2, 0) is 6.42 Å². The van der Waals surface area contributed by atoms with Gasteiger partial charge in [-0.15, -0.1) is 0 Å². The first-order valence-electron chi connectivity index (χ1n) is 6.76. The van der Waals surface area contributed by atoms with E-state index in [9.17, 15) is 0 Å². The number of nitrogens with zero attached hydrogens (tertiary/aromatic N) is 1. The third-order valence-electron chi connectivity index (χ3n) is 3.68. The molecule has 2 heteroatoms. The van der Waals surface area contributed by atoms with Crippen molar-refractivity contribution in [3.8, 4) is 0 Å². The molecule has 17 heavy (non-hydrogen) atoms. The molecule has 2 rings (SSSR count). The van der Waals surface area contributed by atoms with Gasteiger partial charge in [0.05, 0.1) is 6.61 Å². The molecule has 0 saturated heterocycles. The maximum Gasteiger partial charge on any atom is 0.0558 e.